The number of benzene rings is 1. The van der Waals surface area contributed by atoms with Gasteiger partial charge in [-0.15, -0.1) is 0 Å². The maximum atomic E-state index is 13.8. The van der Waals surface area contributed by atoms with Crippen molar-refractivity contribution in [3.05, 3.63) is 56.7 Å². The van der Waals surface area contributed by atoms with Gasteiger partial charge in [0.1, 0.15) is 5.82 Å². The van der Waals surface area contributed by atoms with Crippen LogP contribution in [0.25, 0.3) is 11.0 Å². The molecule has 0 unspecified atom stereocenters. The molecular weight excluding hydrogens is 391 g/mol. The van der Waals surface area contributed by atoms with Crippen LogP contribution in [-0.2, 0) is 4.79 Å². The first-order chi connectivity index (χ1) is 12.7. The molecule has 140 valence electrons. The number of hydrogen-bond donors (Lipinski definition) is 2. The summed E-state index contributed by atoms with van der Waals surface area (Å²) in [6.45, 7) is 5.27. The van der Waals surface area contributed by atoms with E-state index in [1.807, 2.05) is 19.9 Å². The minimum atomic E-state index is -0.633. The molecule has 0 saturated heterocycles. The van der Waals surface area contributed by atoms with Crippen molar-refractivity contribution in [2.75, 3.05) is 5.32 Å². The van der Waals surface area contributed by atoms with Crippen LogP contribution in [0.1, 0.15) is 18.2 Å². The van der Waals surface area contributed by atoms with E-state index in [9.17, 15) is 14.0 Å². The molecular formula is C18H16ClFN4O2S. The van der Waals surface area contributed by atoms with Gasteiger partial charge in [0, 0.05) is 10.7 Å². The molecule has 0 fully saturated rings. The van der Waals surface area contributed by atoms with Crippen LogP contribution in [0.2, 0.25) is 5.02 Å². The Hall–Kier alpha value is -2.45. The van der Waals surface area contributed by atoms with Crippen LogP contribution < -0.4 is 10.9 Å². The van der Waals surface area contributed by atoms with E-state index in [0.717, 1.165) is 29.1 Å². The Bertz CT molecular complexity index is 1100. The topological polar surface area (TPSA) is 87.7 Å². The van der Waals surface area contributed by atoms with Crippen molar-refractivity contribution in [2.24, 2.45) is 0 Å². The van der Waals surface area contributed by atoms with Crippen molar-refractivity contribution in [3.63, 3.8) is 0 Å². The van der Waals surface area contributed by atoms with E-state index in [2.05, 4.69) is 20.3 Å². The predicted octanol–water partition coefficient (Wildman–Crippen LogP) is 3.85. The maximum Gasteiger partial charge on any atom is 0.261 e. The summed E-state index contributed by atoms with van der Waals surface area (Å²) in [5, 5.41) is 2.79. The van der Waals surface area contributed by atoms with Crippen LogP contribution in [0.3, 0.4) is 0 Å². The number of amides is 1. The van der Waals surface area contributed by atoms with E-state index in [0.29, 0.717) is 11.0 Å². The minimum absolute atomic E-state index is 0.0322. The Balaban J connectivity index is 1.82. The highest BCUT2D eigenvalue weighted by atomic mass is 35.5. The fourth-order valence-corrected chi connectivity index (χ4v) is 3.51. The number of hydrogen-bond acceptors (Lipinski definition) is 5. The van der Waals surface area contributed by atoms with E-state index < -0.39 is 17.0 Å². The molecule has 3 rings (SSSR count). The smallest absolute Gasteiger partial charge is 0.261 e. The minimum Gasteiger partial charge on any atom is -0.323 e. The lowest BCUT2D eigenvalue weighted by Gasteiger charge is -2.12. The van der Waals surface area contributed by atoms with Crippen molar-refractivity contribution in [3.8, 4) is 0 Å². The Labute approximate surface area is 163 Å². The molecule has 0 saturated carbocycles. The SMILES string of the molecule is Cc1cc(C)c2c(=O)[nH]c(S[C@H](C)C(=O)Nc3ccc(Cl)cc3F)nc2n1. The van der Waals surface area contributed by atoms with Gasteiger partial charge in [-0.3, -0.25) is 9.59 Å². The molecule has 0 aliphatic heterocycles. The van der Waals surface area contributed by atoms with Gasteiger partial charge in [-0.2, -0.15) is 0 Å². The molecule has 0 spiro atoms. The summed E-state index contributed by atoms with van der Waals surface area (Å²) in [6, 6.07) is 5.80. The van der Waals surface area contributed by atoms with Crippen LogP contribution in [-0.4, -0.2) is 26.1 Å². The summed E-state index contributed by atoms with van der Waals surface area (Å²) in [7, 11) is 0. The highest BCUT2D eigenvalue weighted by Gasteiger charge is 2.19. The maximum absolute atomic E-state index is 13.8. The molecule has 0 aliphatic rings. The van der Waals surface area contributed by atoms with Gasteiger partial charge >= 0.3 is 0 Å². The molecule has 1 atom stereocenters. The summed E-state index contributed by atoms with van der Waals surface area (Å²) < 4.78 is 13.8. The third-order valence-electron chi connectivity index (χ3n) is 3.83. The van der Waals surface area contributed by atoms with E-state index in [1.165, 1.54) is 12.1 Å². The summed E-state index contributed by atoms with van der Waals surface area (Å²) in [6.07, 6.45) is 0. The van der Waals surface area contributed by atoms with Gasteiger partial charge in [0.05, 0.1) is 16.3 Å². The number of pyridine rings is 1. The Kier molecular flexibility index (Phi) is 5.48. The number of aryl methyl sites for hydroxylation is 2. The number of fused-ring (bicyclic) bond motifs is 1. The Morgan fingerprint density at radius 3 is 2.74 bits per heavy atom. The van der Waals surface area contributed by atoms with Gasteiger partial charge in [-0.1, -0.05) is 23.4 Å². The van der Waals surface area contributed by atoms with Crippen molar-refractivity contribution >= 4 is 46.0 Å². The molecule has 0 aliphatic carbocycles. The zero-order chi connectivity index (χ0) is 19.7. The first-order valence-electron chi connectivity index (χ1n) is 8.05. The summed E-state index contributed by atoms with van der Waals surface area (Å²) in [5.74, 6) is -1.06. The van der Waals surface area contributed by atoms with Crippen LogP contribution in [0, 0.1) is 19.7 Å². The number of carbonyl (C=O) groups excluding carboxylic acids is 1. The molecule has 0 radical (unpaired) electrons. The summed E-state index contributed by atoms with van der Waals surface area (Å²) in [4.78, 5) is 36.0. The van der Waals surface area contributed by atoms with E-state index in [-0.39, 0.29) is 21.4 Å². The van der Waals surface area contributed by atoms with Gasteiger partial charge in [-0.25, -0.2) is 14.4 Å². The van der Waals surface area contributed by atoms with Gasteiger partial charge in [0.25, 0.3) is 5.56 Å². The van der Waals surface area contributed by atoms with Gasteiger partial charge in [0.15, 0.2) is 10.8 Å². The highest BCUT2D eigenvalue weighted by Crippen LogP contribution is 2.24. The first-order valence-corrected chi connectivity index (χ1v) is 9.31. The van der Waals surface area contributed by atoms with Crippen molar-refractivity contribution in [1.29, 1.82) is 0 Å². The third kappa shape index (κ3) is 4.28. The molecule has 6 nitrogen and oxygen atoms in total. The number of thioether (sulfide) groups is 1. The van der Waals surface area contributed by atoms with Crippen LogP contribution in [0.15, 0.2) is 34.2 Å². The molecule has 2 N–H and O–H groups in total. The van der Waals surface area contributed by atoms with Gasteiger partial charge in [0.2, 0.25) is 5.91 Å². The van der Waals surface area contributed by atoms with Crippen LogP contribution in [0.4, 0.5) is 10.1 Å². The number of H-pyrrole nitrogens is 1. The van der Waals surface area contributed by atoms with Gasteiger partial charge < -0.3 is 10.3 Å². The molecule has 2 aromatic heterocycles. The molecule has 0 bridgehead atoms. The number of aromatic amines is 1. The lowest BCUT2D eigenvalue weighted by Crippen LogP contribution is -2.24. The van der Waals surface area contributed by atoms with E-state index in [4.69, 9.17) is 11.6 Å². The zero-order valence-corrected chi connectivity index (χ0v) is 16.3. The molecule has 9 heteroatoms. The fourth-order valence-electron chi connectivity index (χ4n) is 2.56. The average molecular weight is 407 g/mol. The molecule has 2 heterocycles. The third-order valence-corrected chi connectivity index (χ3v) is 5.05. The Morgan fingerprint density at radius 2 is 2.04 bits per heavy atom. The van der Waals surface area contributed by atoms with Crippen LogP contribution >= 0.6 is 23.4 Å². The second kappa shape index (κ2) is 7.66. The van der Waals surface area contributed by atoms with Gasteiger partial charge in [-0.05, 0) is 50.6 Å². The number of halogens is 2. The molecule has 1 amide bonds. The summed E-state index contributed by atoms with van der Waals surface area (Å²) >= 11 is 6.76. The second-order valence-electron chi connectivity index (χ2n) is 6.02. The predicted molar refractivity (Wildman–Crippen MR) is 105 cm³/mol. The van der Waals surface area contributed by atoms with Crippen molar-refractivity contribution < 1.29 is 9.18 Å². The average Bonchev–Trinajstić information content (AvgIpc) is 2.56. The first kappa shape index (κ1) is 19.3. The number of rotatable bonds is 4. The number of nitrogens with zero attached hydrogens (tertiary/aromatic N) is 2. The zero-order valence-electron chi connectivity index (χ0n) is 14.8. The fraction of sp³-hybridized carbons (Fsp3) is 0.222. The van der Waals surface area contributed by atoms with Crippen molar-refractivity contribution in [2.45, 2.75) is 31.2 Å². The quantitative estimate of drug-likeness (QED) is 0.507. The monoisotopic (exact) mass is 406 g/mol. The largest absolute Gasteiger partial charge is 0.323 e. The summed E-state index contributed by atoms with van der Waals surface area (Å²) in [5.41, 5.74) is 1.58. The normalized spacial score (nSPS) is 12.2. The lowest BCUT2D eigenvalue weighted by molar-refractivity contribution is -0.115. The van der Waals surface area contributed by atoms with Crippen LogP contribution in [0.5, 0.6) is 0 Å². The molecule has 27 heavy (non-hydrogen) atoms. The van der Waals surface area contributed by atoms with Crippen molar-refractivity contribution in [1.82, 2.24) is 15.0 Å². The van der Waals surface area contributed by atoms with E-state index in [1.54, 1.807) is 6.92 Å². The number of nitrogens with one attached hydrogen (secondary N) is 2. The molecule has 3 aromatic rings. The highest BCUT2D eigenvalue weighted by molar-refractivity contribution is 8.00. The number of aromatic nitrogens is 3. The number of carbonyl (C=O) groups is 1. The lowest BCUT2D eigenvalue weighted by atomic mass is 10.2. The second-order valence-corrected chi connectivity index (χ2v) is 7.79. The van der Waals surface area contributed by atoms with E-state index >= 15 is 0 Å². The molecule has 1 aromatic carbocycles. The Morgan fingerprint density at radius 1 is 1.30 bits per heavy atom. The standard InChI is InChI=1S/C18H16ClFN4O2S/c1-8-6-9(2)21-15-14(8)17(26)24-18(23-15)27-10(3)16(25)22-13-5-4-11(19)7-12(13)20/h4-7,10H,1-3H3,(H,22,25)(H,21,23,24,26)/t10-/m1/s1. The number of anilines is 1.